The van der Waals surface area contributed by atoms with E-state index in [4.69, 9.17) is 9.47 Å². The maximum atomic E-state index is 5.39. The van der Waals surface area contributed by atoms with Crippen LogP contribution in [-0.2, 0) is 13.1 Å². The summed E-state index contributed by atoms with van der Waals surface area (Å²) in [6.45, 7) is 9.27. The number of methoxy groups -OCH3 is 2. The molecule has 25 heavy (non-hydrogen) atoms. The highest BCUT2D eigenvalue weighted by Crippen LogP contribution is 2.21. The molecule has 0 aromatic heterocycles. The highest BCUT2D eigenvalue weighted by Gasteiger charge is 2.23. The lowest BCUT2D eigenvalue weighted by Gasteiger charge is -2.30. The van der Waals surface area contributed by atoms with Gasteiger partial charge in [-0.05, 0) is 24.6 Å². The first-order valence-electron chi connectivity index (χ1n) is 9.11. The summed E-state index contributed by atoms with van der Waals surface area (Å²) in [5.41, 5.74) is 4.18. The Kier molecular flexibility index (Phi) is 5.95. The van der Waals surface area contributed by atoms with Crippen LogP contribution in [0.1, 0.15) is 16.7 Å². The Bertz CT molecular complexity index is 672. The van der Waals surface area contributed by atoms with Crippen LogP contribution in [0.5, 0.6) is 11.5 Å². The molecule has 4 heteroatoms. The van der Waals surface area contributed by atoms with Gasteiger partial charge in [0.25, 0.3) is 0 Å². The van der Waals surface area contributed by atoms with E-state index in [-0.39, 0.29) is 0 Å². The summed E-state index contributed by atoms with van der Waals surface area (Å²) in [4.78, 5) is 3.34. The zero-order valence-corrected chi connectivity index (χ0v) is 15.6. The number of aryl methyl sites for hydroxylation is 1. The summed E-state index contributed by atoms with van der Waals surface area (Å²) in [6.07, 6.45) is 0. The Balaban J connectivity index is 1.55. The molecule has 1 fully saturated rings. The van der Waals surface area contributed by atoms with E-state index in [0.29, 0.717) is 0 Å². The standard InChI is InChI=1S/C21H28N2O2/c1-17-6-4-5-7-19(17)16-23-10-8-22(9-11-23)15-18-12-20(24-2)14-21(13-18)25-3/h4-7,12-14H,8-11,15-16H2,1-3H3/p+2. The molecule has 0 amide bonds. The largest absolute Gasteiger partial charge is 0.497 e. The van der Waals surface area contributed by atoms with Gasteiger partial charge in [0, 0.05) is 17.2 Å². The van der Waals surface area contributed by atoms with Crippen molar-refractivity contribution in [2.24, 2.45) is 0 Å². The molecule has 2 aromatic rings. The lowest BCUT2D eigenvalue weighted by atomic mass is 10.1. The minimum Gasteiger partial charge on any atom is -0.497 e. The Morgan fingerprint density at radius 2 is 1.36 bits per heavy atom. The van der Waals surface area contributed by atoms with Gasteiger partial charge < -0.3 is 19.3 Å². The molecule has 0 radical (unpaired) electrons. The topological polar surface area (TPSA) is 27.3 Å². The minimum atomic E-state index is 0.873. The molecule has 0 atom stereocenters. The second-order valence-corrected chi connectivity index (χ2v) is 7.00. The first-order valence-corrected chi connectivity index (χ1v) is 9.11. The molecule has 3 rings (SSSR count). The average molecular weight is 342 g/mol. The third-order valence-electron chi connectivity index (χ3n) is 5.23. The summed E-state index contributed by atoms with van der Waals surface area (Å²) in [6, 6.07) is 14.9. The fourth-order valence-electron chi connectivity index (χ4n) is 3.65. The van der Waals surface area contributed by atoms with Gasteiger partial charge in [-0.3, -0.25) is 0 Å². The highest BCUT2D eigenvalue weighted by molar-refractivity contribution is 5.38. The Morgan fingerprint density at radius 1 is 0.800 bits per heavy atom. The van der Waals surface area contributed by atoms with Crippen molar-refractivity contribution in [1.82, 2.24) is 0 Å². The summed E-state index contributed by atoms with van der Waals surface area (Å²) in [5, 5.41) is 0. The molecule has 0 bridgehead atoms. The number of piperazine rings is 1. The Hall–Kier alpha value is -2.04. The molecular weight excluding hydrogens is 312 g/mol. The third kappa shape index (κ3) is 4.74. The monoisotopic (exact) mass is 342 g/mol. The second-order valence-electron chi connectivity index (χ2n) is 7.00. The molecule has 2 aromatic carbocycles. The van der Waals surface area contributed by atoms with E-state index in [1.54, 1.807) is 24.0 Å². The van der Waals surface area contributed by atoms with Crippen LogP contribution < -0.4 is 19.3 Å². The summed E-state index contributed by atoms with van der Waals surface area (Å²) in [5.74, 6) is 1.75. The fourth-order valence-corrected chi connectivity index (χ4v) is 3.65. The van der Waals surface area contributed by atoms with Crippen molar-refractivity contribution in [3.05, 3.63) is 59.2 Å². The normalized spacial score (nSPS) is 20.3. The van der Waals surface area contributed by atoms with Crippen LogP contribution in [-0.4, -0.2) is 40.4 Å². The molecule has 2 N–H and O–H groups in total. The van der Waals surface area contributed by atoms with Gasteiger partial charge in [0.15, 0.2) is 0 Å². The molecule has 4 nitrogen and oxygen atoms in total. The van der Waals surface area contributed by atoms with Crippen LogP contribution in [0.2, 0.25) is 0 Å². The molecule has 0 unspecified atom stereocenters. The van der Waals surface area contributed by atoms with Gasteiger partial charge in [-0.1, -0.05) is 24.3 Å². The van der Waals surface area contributed by atoms with Crippen molar-refractivity contribution >= 4 is 0 Å². The lowest BCUT2D eigenvalue weighted by Crippen LogP contribution is -3.27. The summed E-state index contributed by atoms with van der Waals surface area (Å²) in [7, 11) is 3.41. The number of nitrogens with one attached hydrogen (secondary N) is 2. The molecule has 1 aliphatic heterocycles. The van der Waals surface area contributed by atoms with Crippen LogP contribution in [0, 0.1) is 6.92 Å². The van der Waals surface area contributed by atoms with Gasteiger partial charge in [0.2, 0.25) is 0 Å². The van der Waals surface area contributed by atoms with Gasteiger partial charge in [-0.15, -0.1) is 0 Å². The van der Waals surface area contributed by atoms with Crippen molar-refractivity contribution in [3.8, 4) is 11.5 Å². The van der Waals surface area contributed by atoms with Crippen LogP contribution in [0.3, 0.4) is 0 Å². The number of benzene rings is 2. The van der Waals surface area contributed by atoms with Crippen molar-refractivity contribution < 1.29 is 19.3 Å². The van der Waals surface area contributed by atoms with Gasteiger partial charge in [0.1, 0.15) is 50.8 Å². The number of rotatable bonds is 6. The first-order chi connectivity index (χ1) is 12.2. The van der Waals surface area contributed by atoms with Crippen molar-refractivity contribution in [3.63, 3.8) is 0 Å². The molecule has 1 saturated heterocycles. The number of ether oxygens (including phenoxy) is 2. The maximum Gasteiger partial charge on any atom is 0.127 e. The van der Waals surface area contributed by atoms with E-state index in [1.807, 2.05) is 6.07 Å². The number of hydrogen-bond acceptors (Lipinski definition) is 2. The van der Waals surface area contributed by atoms with Gasteiger partial charge in [-0.2, -0.15) is 0 Å². The van der Waals surface area contributed by atoms with E-state index < -0.39 is 0 Å². The zero-order valence-electron chi connectivity index (χ0n) is 15.6. The minimum absolute atomic E-state index is 0.873. The SMILES string of the molecule is COc1cc(C[NH+]2CC[NH+](Cc3ccccc3C)CC2)cc(OC)c1. The zero-order chi connectivity index (χ0) is 17.6. The van der Waals surface area contributed by atoms with Crippen LogP contribution >= 0.6 is 0 Å². The maximum absolute atomic E-state index is 5.39. The lowest BCUT2D eigenvalue weighted by molar-refractivity contribution is -1.02. The Morgan fingerprint density at radius 3 is 1.92 bits per heavy atom. The molecule has 1 aliphatic rings. The third-order valence-corrected chi connectivity index (χ3v) is 5.23. The molecule has 0 aliphatic carbocycles. The van der Waals surface area contributed by atoms with Crippen LogP contribution in [0.15, 0.2) is 42.5 Å². The van der Waals surface area contributed by atoms with E-state index in [0.717, 1.165) is 24.6 Å². The highest BCUT2D eigenvalue weighted by atomic mass is 16.5. The second kappa shape index (κ2) is 8.37. The number of quaternary nitrogens is 2. The molecule has 134 valence electrons. The fraction of sp³-hybridized carbons (Fsp3) is 0.429. The van der Waals surface area contributed by atoms with Gasteiger partial charge >= 0.3 is 0 Å². The average Bonchev–Trinajstić information content (AvgIpc) is 2.65. The van der Waals surface area contributed by atoms with Gasteiger partial charge in [0.05, 0.1) is 14.2 Å². The smallest absolute Gasteiger partial charge is 0.127 e. The van der Waals surface area contributed by atoms with Crippen LogP contribution in [0.25, 0.3) is 0 Å². The molecule has 1 heterocycles. The first kappa shape index (κ1) is 17.8. The van der Waals surface area contributed by atoms with Crippen molar-refractivity contribution in [2.45, 2.75) is 20.0 Å². The number of hydrogen-bond donors (Lipinski definition) is 2. The van der Waals surface area contributed by atoms with Crippen molar-refractivity contribution in [1.29, 1.82) is 0 Å². The van der Waals surface area contributed by atoms with E-state index in [1.165, 1.54) is 42.9 Å². The van der Waals surface area contributed by atoms with Gasteiger partial charge in [-0.25, -0.2) is 0 Å². The van der Waals surface area contributed by atoms with Crippen LogP contribution in [0.4, 0.5) is 0 Å². The molecule has 0 saturated carbocycles. The van der Waals surface area contributed by atoms with E-state index in [9.17, 15) is 0 Å². The molecular formula is C21H30N2O2+2. The summed E-state index contributed by atoms with van der Waals surface area (Å²) >= 11 is 0. The molecule has 0 spiro atoms. The Labute approximate surface area is 151 Å². The summed E-state index contributed by atoms with van der Waals surface area (Å²) < 4.78 is 10.8. The predicted octanol–water partition coefficient (Wildman–Crippen LogP) is 0.496. The van der Waals surface area contributed by atoms with E-state index in [2.05, 4.69) is 43.3 Å². The van der Waals surface area contributed by atoms with E-state index >= 15 is 0 Å². The predicted molar refractivity (Wildman–Crippen MR) is 99.5 cm³/mol. The van der Waals surface area contributed by atoms with Crippen molar-refractivity contribution in [2.75, 3.05) is 40.4 Å². The quantitative estimate of drug-likeness (QED) is 0.800.